The first-order chi connectivity index (χ1) is 6.65. The molecule has 0 bridgehead atoms. The first-order valence-electron chi connectivity index (χ1n) is 5.05. The Hall–Kier alpha value is -0.610. The van der Waals surface area contributed by atoms with Crippen LogP contribution in [0.4, 0.5) is 0 Å². The normalized spacial score (nSPS) is 21.9. The maximum absolute atomic E-state index is 11.2. The minimum absolute atomic E-state index is 0.175. The SMILES string of the molecule is COC(=O)CN(C(C)C)C1CCOC1. The fraction of sp³-hybridized carbons (Fsp3) is 0.900. The van der Waals surface area contributed by atoms with Gasteiger partial charge in [0.05, 0.1) is 20.3 Å². The minimum atomic E-state index is -0.175. The van der Waals surface area contributed by atoms with Crippen molar-refractivity contribution in [2.75, 3.05) is 26.9 Å². The van der Waals surface area contributed by atoms with Gasteiger partial charge in [-0.3, -0.25) is 9.69 Å². The van der Waals surface area contributed by atoms with Gasteiger partial charge in [0, 0.05) is 18.7 Å². The van der Waals surface area contributed by atoms with Crippen molar-refractivity contribution in [2.24, 2.45) is 0 Å². The molecular formula is C10H19NO3. The van der Waals surface area contributed by atoms with Gasteiger partial charge in [-0.25, -0.2) is 0 Å². The smallest absolute Gasteiger partial charge is 0.319 e. The van der Waals surface area contributed by atoms with Crippen LogP contribution < -0.4 is 0 Å². The Kier molecular flexibility index (Phi) is 4.35. The molecule has 0 saturated carbocycles. The van der Waals surface area contributed by atoms with Gasteiger partial charge >= 0.3 is 5.97 Å². The van der Waals surface area contributed by atoms with Crippen LogP contribution in [-0.4, -0.2) is 49.8 Å². The lowest BCUT2D eigenvalue weighted by Crippen LogP contribution is -2.44. The molecule has 1 rings (SSSR count). The van der Waals surface area contributed by atoms with Crippen molar-refractivity contribution < 1.29 is 14.3 Å². The molecule has 4 nitrogen and oxygen atoms in total. The standard InChI is InChI=1S/C10H19NO3/c1-8(2)11(6-10(12)13-3)9-4-5-14-7-9/h8-9H,4-7H2,1-3H3. The van der Waals surface area contributed by atoms with Gasteiger partial charge in [0.25, 0.3) is 0 Å². The highest BCUT2D eigenvalue weighted by Crippen LogP contribution is 2.15. The van der Waals surface area contributed by atoms with Gasteiger partial charge in [0.15, 0.2) is 0 Å². The quantitative estimate of drug-likeness (QED) is 0.626. The summed E-state index contributed by atoms with van der Waals surface area (Å²) in [5.41, 5.74) is 0. The Balaban J connectivity index is 2.49. The Morgan fingerprint density at radius 2 is 2.36 bits per heavy atom. The van der Waals surface area contributed by atoms with Gasteiger partial charge in [0.1, 0.15) is 0 Å². The fourth-order valence-corrected chi connectivity index (χ4v) is 1.73. The molecule has 0 aromatic rings. The number of nitrogens with zero attached hydrogens (tertiary/aromatic N) is 1. The summed E-state index contributed by atoms with van der Waals surface area (Å²) in [6, 6.07) is 0.717. The van der Waals surface area contributed by atoms with Crippen molar-refractivity contribution >= 4 is 5.97 Å². The third-order valence-corrected chi connectivity index (χ3v) is 2.58. The summed E-state index contributed by atoms with van der Waals surface area (Å²) in [4.78, 5) is 13.3. The van der Waals surface area contributed by atoms with Crippen LogP contribution in [0, 0.1) is 0 Å². The maximum atomic E-state index is 11.2. The first kappa shape index (κ1) is 11.5. The lowest BCUT2D eigenvalue weighted by Gasteiger charge is -2.30. The Morgan fingerprint density at radius 3 is 2.79 bits per heavy atom. The number of methoxy groups -OCH3 is 1. The highest BCUT2D eigenvalue weighted by atomic mass is 16.5. The second kappa shape index (κ2) is 5.32. The average Bonchev–Trinajstić information content (AvgIpc) is 2.65. The van der Waals surface area contributed by atoms with E-state index in [0.29, 0.717) is 18.6 Å². The van der Waals surface area contributed by atoms with E-state index < -0.39 is 0 Å². The number of esters is 1. The second-order valence-electron chi connectivity index (χ2n) is 3.86. The van der Waals surface area contributed by atoms with Crippen LogP contribution >= 0.6 is 0 Å². The molecule has 82 valence electrons. The van der Waals surface area contributed by atoms with E-state index in [2.05, 4.69) is 23.5 Å². The molecule has 4 heteroatoms. The minimum Gasteiger partial charge on any atom is -0.468 e. The zero-order chi connectivity index (χ0) is 10.6. The largest absolute Gasteiger partial charge is 0.468 e. The zero-order valence-corrected chi connectivity index (χ0v) is 9.16. The zero-order valence-electron chi connectivity index (χ0n) is 9.16. The molecule has 1 atom stereocenters. The molecule has 1 fully saturated rings. The highest BCUT2D eigenvalue weighted by molar-refractivity contribution is 5.71. The number of carbonyl (C=O) groups is 1. The van der Waals surface area contributed by atoms with Crippen LogP contribution in [0.1, 0.15) is 20.3 Å². The third-order valence-electron chi connectivity index (χ3n) is 2.58. The lowest BCUT2D eigenvalue weighted by atomic mass is 10.2. The predicted octanol–water partition coefficient (Wildman–Crippen LogP) is 0.659. The van der Waals surface area contributed by atoms with Crippen LogP contribution in [0.3, 0.4) is 0 Å². The summed E-state index contributed by atoms with van der Waals surface area (Å²) in [6.07, 6.45) is 1.01. The van der Waals surface area contributed by atoms with Gasteiger partial charge in [-0.1, -0.05) is 0 Å². The fourth-order valence-electron chi connectivity index (χ4n) is 1.73. The summed E-state index contributed by atoms with van der Waals surface area (Å²) >= 11 is 0. The van der Waals surface area contributed by atoms with Crippen molar-refractivity contribution in [3.05, 3.63) is 0 Å². The molecule has 1 aliphatic rings. The van der Waals surface area contributed by atoms with Gasteiger partial charge < -0.3 is 9.47 Å². The van der Waals surface area contributed by atoms with Crippen molar-refractivity contribution in [1.82, 2.24) is 4.90 Å². The topological polar surface area (TPSA) is 38.8 Å². The number of hydrogen-bond acceptors (Lipinski definition) is 4. The van der Waals surface area contributed by atoms with E-state index in [1.807, 2.05) is 0 Å². The summed E-state index contributed by atoms with van der Waals surface area (Å²) in [6.45, 7) is 6.06. The van der Waals surface area contributed by atoms with E-state index in [1.54, 1.807) is 0 Å². The van der Waals surface area contributed by atoms with Gasteiger partial charge in [-0.2, -0.15) is 0 Å². The summed E-state index contributed by atoms with van der Waals surface area (Å²) in [7, 11) is 1.42. The maximum Gasteiger partial charge on any atom is 0.319 e. The Labute approximate surface area is 85.2 Å². The number of carbonyl (C=O) groups excluding carboxylic acids is 1. The van der Waals surface area contributed by atoms with E-state index in [1.165, 1.54) is 7.11 Å². The number of hydrogen-bond donors (Lipinski definition) is 0. The van der Waals surface area contributed by atoms with Crippen LogP contribution in [0.15, 0.2) is 0 Å². The molecule has 0 radical (unpaired) electrons. The van der Waals surface area contributed by atoms with Crippen LogP contribution in [0.5, 0.6) is 0 Å². The van der Waals surface area contributed by atoms with Crippen molar-refractivity contribution in [1.29, 1.82) is 0 Å². The van der Waals surface area contributed by atoms with Gasteiger partial charge in [-0.05, 0) is 20.3 Å². The lowest BCUT2D eigenvalue weighted by molar-refractivity contribution is -0.143. The molecule has 1 aliphatic heterocycles. The molecule has 14 heavy (non-hydrogen) atoms. The second-order valence-corrected chi connectivity index (χ2v) is 3.86. The van der Waals surface area contributed by atoms with Crippen LogP contribution in [0.2, 0.25) is 0 Å². The van der Waals surface area contributed by atoms with Crippen LogP contribution in [-0.2, 0) is 14.3 Å². The molecule has 0 amide bonds. The van der Waals surface area contributed by atoms with E-state index >= 15 is 0 Å². The summed E-state index contributed by atoms with van der Waals surface area (Å²) in [5.74, 6) is -0.175. The monoisotopic (exact) mass is 201 g/mol. The average molecular weight is 201 g/mol. The highest BCUT2D eigenvalue weighted by Gasteiger charge is 2.27. The number of ether oxygens (including phenoxy) is 2. The Morgan fingerprint density at radius 1 is 1.64 bits per heavy atom. The molecular weight excluding hydrogens is 182 g/mol. The van der Waals surface area contributed by atoms with Crippen LogP contribution in [0.25, 0.3) is 0 Å². The third kappa shape index (κ3) is 2.96. The molecule has 1 heterocycles. The van der Waals surface area contributed by atoms with Crippen molar-refractivity contribution in [3.8, 4) is 0 Å². The number of rotatable bonds is 4. The van der Waals surface area contributed by atoms with E-state index in [-0.39, 0.29) is 5.97 Å². The van der Waals surface area contributed by atoms with Gasteiger partial charge in [0.2, 0.25) is 0 Å². The molecule has 0 aromatic carbocycles. The molecule has 0 N–H and O–H groups in total. The molecule has 0 aromatic heterocycles. The molecule has 0 spiro atoms. The molecule has 1 saturated heterocycles. The van der Waals surface area contributed by atoms with E-state index in [0.717, 1.165) is 19.6 Å². The summed E-state index contributed by atoms with van der Waals surface area (Å²) in [5, 5.41) is 0. The van der Waals surface area contributed by atoms with E-state index in [9.17, 15) is 4.79 Å². The predicted molar refractivity (Wildman–Crippen MR) is 53.1 cm³/mol. The van der Waals surface area contributed by atoms with Gasteiger partial charge in [-0.15, -0.1) is 0 Å². The first-order valence-corrected chi connectivity index (χ1v) is 5.05. The van der Waals surface area contributed by atoms with Crippen molar-refractivity contribution in [3.63, 3.8) is 0 Å². The Bertz CT molecular complexity index is 188. The van der Waals surface area contributed by atoms with Crippen molar-refractivity contribution in [2.45, 2.75) is 32.4 Å². The molecule has 1 unspecified atom stereocenters. The molecule has 0 aliphatic carbocycles. The summed E-state index contributed by atoms with van der Waals surface area (Å²) < 4.78 is 9.98. The van der Waals surface area contributed by atoms with E-state index in [4.69, 9.17) is 4.74 Å².